The summed E-state index contributed by atoms with van der Waals surface area (Å²) in [7, 11) is -0.0517. The van der Waals surface area contributed by atoms with E-state index < -0.39 is 21.8 Å². The van der Waals surface area contributed by atoms with E-state index in [0.717, 1.165) is 56.9 Å². The number of carbonyl (C=O) groups excluding carboxylic acids is 1. The number of nitro benzene ring substituents is 1. The Kier molecular flexibility index (Phi) is 13.7. The molecule has 56 heavy (non-hydrogen) atoms. The van der Waals surface area contributed by atoms with Gasteiger partial charge in [0, 0.05) is 68.2 Å². The van der Waals surface area contributed by atoms with Crippen LogP contribution in [0.2, 0.25) is 5.02 Å². The first-order valence-corrected chi connectivity index (χ1v) is 20.2. The number of para-hydroxylation sites is 1. The third-order valence-electron chi connectivity index (χ3n) is 9.93. The Hall–Kier alpha value is -5.27. The minimum absolute atomic E-state index is 0.103. The molecule has 1 fully saturated rings. The summed E-state index contributed by atoms with van der Waals surface area (Å²) < 4.78 is 22.2. The van der Waals surface area contributed by atoms with Crippen molar-refractivity contribution in [3.8, 4) is 22.6 Å². The van der Waals surface area contributed by atoms with Crippen molar-refractivity contribution in [1.29, 1.82) is 0 Å². The maximum atomic E-state index is 13.7. The van der Waals surface area contributed by atoms with Crippen molar-refractivity contribution in [2.24, 2.45) is 0 Å². The lowest BCUT2D eigenvalue weighted by atomic mass is 9.99. The van der Waals surface area contributed by atoms with E-state index in [0.29, 0.717) is 34.8 Å². The van der Waals surface area contributed by atoms with Crippen molar-refractivity contribution in [2.45, 2.75) is 37.8 Å². The number of anilines is 2. The van der Waals surface area contributed by atoms with E-state index in [1.165, 1.54) is 29.3 Å². The van der Waals surface area contributed by atoms with Crippen molar-refractivity contribution >= 4 is 45.6 Å². The molecule has 2 N–H and O–H groups in total. The molecular weight excluding hydrogens is 748 g/mol. The number of hydrogen-bond acceptors (Lipinski definition) is 9. The molecule has 5 aromatic carbocycles. The van der Waals surface area contributed by atoms with Gasteiger partial charge in [-0.3, -0.25) is 24.5 Å². The van der Waals surface area contributed by atoms with Crippen molar-refractivity contribution in [2.75, 3.05) is 56.5 Å². The molecule has 11 nitrogen and oxygen atoms in total. The van der Waals surface area contributed by atoms with Gasteiger partial charge in [0.05, 0.1) is 15.4 Å². The number of amides is 1. The van der Waals surface area contributed by atoms with Crippen molar-refractivity contribution in [3.63, 3.8) is 0 Å². The van der Waals surface area contributed by atoms with Crippen LogP contribution in [-0.4, -0.2) is 77.2 Å². The van der Waals surface area contributed by atoms with Gasteiger partial charge in [0.2, 0.25) is 0 Å². The monoisotopic (exact) mass is 794 g/mol. The van der Waals surface area contributed by atoms with Gasteiger partial charge in [-0.05, 0) is 99.1 Å². The fraction of sp³-hybridized carbons (Fsp3) is 0.279. The summed E-state index contributed by atoms with van der Waals surface area (Å²) in [4.78, 5) is 32.1. The topological polar surface area (TPSA) is 120 Å². The number of benzene rings is 5. The first-order valence-electron chi connectivity index (χ1n) is 18.7. The Balaban J connectivity index is 1.13. The molecule has 1 atom stereocenters. The zero-order chi connectivity index (χ0) is 39.6. The number of nitrogens with one attached hydrogen (secondary N) is 2. The highest BCUT2D eigenvalue weighted by Crippen LogP contribution is 2.33. The quantitative estimate of drug-likeness (QED) is 0.0575. The summed E-state index contributed by atoms with van der Waals surface area (Å²) >= 11 is 6.15. The maximum Gasteiger partial charge on any atom is 0.293 e. The molecule has 0 radical (unpaired) electrons. The van der Waals surface area contributed by atoms with Gasteiger partial charge in [0.25, 0.3) is 11.6 Å². The summed E-state index contributed by atoms with van der Waals surface area (Å²) in [5.41, 5.74) is 4.75. The predicted octanol–water partition coefficient (Wildman–Crippen LogP) is 8.62. The number of ether oxygens (including phenoxy) is 1. The van der Waals surface area contributed by atoms with Crippen LogP contribution < -0.4 is 19.7 Å². The third kappa shape index (κ3) is 10.5. The van der Waals surface area contributed by atoms with Crippen LogP contribution in [0.4, 0.5) is 17.1 Å². The molecule has 0 aliphatic carbocycles. The Morgan fingerprint density at radius 1 is 0.929 bits per heavy atom. The van der Waals surface area contributed by atoms with Crippen molar-refractivity contribution < 1.29 is 18.7 Å². The fourth-order valence-corrected chi connectivity index (χ4v) is 7.44. The van der Waals surface area contributed by atoms with Crippen LogP contribution in [0.25, 0.3) is 11.1 Å². The summed E-state index contributed by atoms with van der Waals surface area (Å²) in [5.74, 6) is 0.207. The molecule has 1 unspecified atom stereocenters. The molecule has 1 aliphatic heterocycles. The molecule has 1 aliphatic rings. The number of carbonyl (C=O) groups is 1. The molecule has 1 heterocycles. The summed E-state index contributed by atoms with van der Waals surface area (Å²) in [6.07, 6.45) is 0.790. The van der Waals surface area contributed by atoms with Crippen LogP contribution in [-0.2, 0) is 17.5 Å². The van der Waals surface area contributed by atoms with Gasteiger partial charge >= 0.3 is 0 Å². The molecule has 5 aromatic rings. The van der Waals surface area contributed by atoms with Gasteiger partial charge in [0.1, 0.15) is 17.2 Å². The number of halogens is 1. The minimum atomic E-state index is -2.08. The molecule has 0 bridgehead atoms. The molecule has 0 saturated carbocycles. The average molecular weight is 795 g/mol. The van der Waals surface area contributed by atoms with Crippen LogP contribution in [0, 0.1) is 10.1 Å². The fourth-order valence-electron chi connectivity index (χ4n) is 6.50. The summed E-state index contributed by atoms with van der Waals surface area (Å²) in [6.45, 7) is 9.60. The SMILES string of the molecule is CC(C)N(C)CCCNc1ccc(S(=O)NC(=O)c2ccc(N3CCN(Cc4ccccc4-c4ccc(Cl)cc4)CC3)cc2Oc2ccccc2)cc1[N+](=O)[O-]. The number of rotatable bonds is 16. The molecule has 13 heteroatoms. The largest absolute Gasteiger partial charge is 0.456 e. The van der Waals surface area contributed by atoms with Gasteiger partial charge in [-0.2, -0.15) is 0 Å². The zero-order valence-electron chi connectivity index (χ0n) is 31.8. The van der Waals surface area contributed by atoms with Crippen molar-refractivity contribution in [3.05, 3.63) is 142 Å². The molecule has 292 valence electrons. The smallest absolute Gasteiger partial charge is 0.293 e. The van der Waals surface area contributed by atoms with E-state index in [2.05, 4.69) is 62.9 Å². The molecule has 1 saturated heterocycles. The first-order chi connectivity index (χ1) is 27.0. The van der Waals surface area contributed by atoms with Gasteiger partial charge in [-0.15, -0.1) is 0 Å². The van der Waals surface area contributed by atoms with E-state index in [-0.39, 0.29) is 16.1 Å². The van der Waals surface area contributed by atoms with Crippen LogP contribution in [0.5, 0.6) is 11.5 Å². The Morgan fingerprint density at radius 3 is 2.36 bits per heavy atom. The summed E-state index contributed by atoms with van der Waals surface area (Å²) in [6, 6.07) is 35.6. The number of nitro groups is 1. The molecule has 1 amide bonds. The van der Waals surface area contributed by atoms with Crippen LogP contribution in [0.1, 0.15) is 36.2 Å². The van der Waals surface area contributed by atoms with E-state index in [1.54, 1.807) is 18.2 Å². The van der Waals surface area contributed by atoms with Gasteiger partial charge in [-0.1, -0.05) is 66.2 Å². The number of nitrogens with zero attached hydrogens (tertiary/aromatic N) is 4. The van der Waals surface area contributed by atoms with Crippen LogP contribution >= 0.6 is 11.6 Å². The molecule has 0 spiro atoms. The van der Waals surface area contributed by atoms with Gasteiger partial charge in [-0.25, -0.2) is 4.21 Å². The first kappa shape index (κ1) is 40.4. The zero-order valence-corrected chi connectivity index (χ0v) is 33.4. The van der Waals surface area contributed by atoms with Crippen molar-refractivity contribution in [1.82, 2.24) is 14.5 Å². The Bertz CT molecular complexity index is 2150. The molecular formula is C43H47ClN6O5S. The third-order valence-corrected chi connectivity index (χ3v) is 11.2. The second kappa shape index (κ2) is 19.1. The highest BCUT2D eigenvalue weighted by molar-refractivity contribution is 7.83. The van der Waals surface area contributed by atoms with E-state index in [9.17, 15) is 19.1 Å². The second-order valence-electron chi connectivity index (χ2n) is 14.0. The lowest BCUT2D eigenvalue weighted by Gasteiger charge is -2.36. The number of piperazine rings is 1. The molecule has 0 aromatic heterocycles. The van der Waals surface area contributed by atoms with E-state index >= 15 is 0 Å². The lowest BCUT2D eigenvalue weighted by Crippen LogP contribution is -2.46. The van der Waals surface area contributed by atoms with E-state index in [1.807, 2.05) is 61.6 Å². The Labute approximate surface area is 336 Å². The highest BCUT2D eigenvalue weighted by Gasteiger charge is 2.24. The van der Waals surface area contributed by atoms with Crippen LogP contribution in [0.3, 0.4) is 0 Å². The highest BCUT2D eigenvalue weighted by atomic mass is 35.5. The summed E-state index contributed by atoms with van der Waals surface area (Å²) in [5, 5.41) is 15.8. The standard InChI is InChI=1S/C43H47ClN6O5S/c1-31(2)47(3)23-9-22-45-40-21-19-37(29-41(40)50(52)53)56(54)46-43(51)39-20-18-35(28-42(39)55-36-11-5-4-6-12-36)49-26-24-48(25-27-49)30-33-10-7-8-13-38(33)32-14-16-34(44)17-15-32/h4-8,10-21,28-29,31,45H,9,22-27,30H2,1-3H3,(H,46,51). The Morgan fingerprint density at radius 2 is 1.64 bits per heavy atom. The lowest BCUT2D eigenvalue weighted by molar-refractivity contribution is -0.384. The van der Waals surface area contributed by atoms with Gasteiger partial charge < -0.3 is 19.9 Å². The number of hydrogen-bond donors (Lipinski definition) is 2. The second-order valence-corrected chi connectivity index (χ2v) is 15.7. The van der Waals surface area contributed by atoms with E-state index in [4.69, 9.17) is 16.3 Å². The van der Waals surface area contributed by atoms with Crippen LogP contribution in [0.15, 0.2) is 120 Å². The maximum absolute atomic E-state index is 13.7. The van der Waals surface area contributed by atoms with Gasteiger partial charge in [0.15, 0.2) is 11.0 Å². The molecule has 6 rings (SSSR count). The predicted molar refractivity (Wildman–Crippen MR) is 225 cm³/mol. The minimum Gasteiger partial charge on any atom is -0.456 e. The average Bonchev–Trinajstić information content (AvgIpc) is 3.20. The normalized spacial score (nSPS) is 13.8.